The number of hydrogen-bond acceptors (Lipinski definition) is 3. The minimum atomic E-state index is -1.09. The van der Waals surface area contributed by atoms with E-state index in [2.05, 4.69) is 0 Å². The second-order valence-corrected chi connectivity index (χ2v) is 4.93. The highest BCUT2D eigenvalue weighted by Crippen LogP contribution is 2.29. The van der Waals surface area contributed by atoms with Gasteiger partial charge in [0.2, 0.25) is 0 Å². The van der Waals surface area contributed by atoms with E-state index in [0.29, 0.717) is 25.1 Å². The fourth-order valence-electron chi connectivity index (χ4n) is 2.50. The maximum absolute atomic E-state index is 12.5. The molecule has 1 heterocycles. The minimum absolute atomic E-state index is 0.125. The largest absolute Gasteiger partial charge is 0.445 e. The van der Waals surface area contributed by atoms with E-state index in [1.54, 1.807) is 24.0 Å². The normalized spacial score (nSPS) is 21.5. The second kappa shape index (κ2) is 5.03. The molecule has 1 amide bonds. The summed E-state index contributed by atoms with van der Waals surface area (Å²) in [6.07, 6.45) is 0.435. The van der Waals surface area contributed by atoms with E-state index in [1.165, 1.54) is 0 Å². The van der Waals surface area contributed by atoms with Crippen LogP contribution >= 0.6 is 0 Å². The Labute approximate surface area is 113 Å². The molecule has 0 aliphatic carbocycles. The molecule has 2 rings (SSSR count). The van der Waals surface area contributed by atoms with E-state index in [9.17, 15) is 9.59 Å². The lowest BCUT2D eigenvalue weighted by atomic mass is 9.89. The number of amides is 1. The Morgan fingerprint density at radius 2 is 1.95 bits per heavy atom. The quantitative estimate of drug-likeness (QED) is 0.782. The molecule has 0 bridgehead atoms. The number of fused-ring (bicyclic) bond motifs is 1. The van der Waals surface area contributed by atoms with Crippen molar-refractivity contribution < 1.29 is 14.3 Å². The van der Waals surface area contributed by atoms with Gasteiger partial charge >= 0.3 is 5.97 Å². The zero-order valence-corrected chi connectivity index (χ0v) is 11.6. The second-order valence-electron chi connectivity index (χ2n) is 4.93. The van der Waals surface area contributed by atoms with Crippen molar-refractivity contribution >= 4 is 11.9 Å². The number of nitrogens with zero attached hydrogens (tertiary/aromatic N) is 1. The highest BCUT2D eigenvalue weighted by Gasteiger charge is 2.44. The van der Waals surface area contributed by atoms with Crippen molar-refractivity contribution in [2.24, 2.45) is 0 Å². The summed E-state index contributed by atoms with van der Waals surface area (Å²) in [6, 6.07) is 7.29. The van der Waals surface area contributed by atoms with E-state index < -0.39 is 11.6 Å². The summed E-state index contributed by atoms with van der Waals surface area (Å²) in [5, 5.41) is 0. The lowest BCUT2D eigenvalue weighted by Crippen LogP contribution is -2.53. The van der Waals surface area contributed by atoms with Gasteiger partial charge in [0.05, 0.1) is 5.56 Å². The van der Waals surface area contributed by atoms with Gasteiger partial charge in [0, 0.05) is 19.5 Å². The molecule has 4 heteroatoms. The van der Waals surface area contributed by atoms with Crippen LogP contribution < -0.4 is 0 Å². The molecular formula is C15H19NO3. The van der Waals surface area contributed by atoms with Crippen molar-refractivity contribution in [3.8, 4) is 0 Å². The van der Waals surface area contributed by atoms with Crippen molar-refractivity contribution in [2.45, 2.75) is 32.8 Å². The Morgan fingerprint density at radius 1 is 1.32 bits per heavy atom. The molecule has 1 unspecified atom stereocenters. The SMILES string of the molecule is CCN(CC)C(=O)C1(C)Cc2ccccc2C(=O)O1. The molecular weight excluding hydrogens is 242 g/mol. The lowest BCUT2D eigenvalue weighted by molar-refractivity contribution is -0.150. The summed E-state index contributed by atoms with van der Waals surface area (Å²) in [5.41, 5.74) is 0.353. The first-order valence-corrected chi connectivity index (χ1v) is 6.62. The number of carbonyl (C=O) groups excluding carboxylic acids is 2. The van der Waals surface area contributed by atoms with Gasteiger partial charge in [-0.05, 0) is 32.4 Å². The van der Waals surface area contributed by atoms with Crippen LogP contribution in [0.25, 0.3) is 0 Å². The van der Waals surface area contributed by atoms with Crippen molar-refractivity contribution in [3.05, 3.63) is 35.4 Å². The number of cyclic esters (lactones) is 1. The van der Waals surface area contributed by atoms with Gasteiger partial charge in [-0.1, -0.05) is 18.2 Å². The Hall–Kier alpha value is -1.84. The zero-order chi connectivity index (χ0) is 14.0. The van der Waals surface area contributed by atoms with Crippen molar-refractivity contribution in [2.75, 3.05) is 13.1 Å². The van der Waals surface area contributed by atoms with Gasteiger partial charge < -0.3 is 9.64 Å². The van der Waals surface area contributed by atoms with E-state index in [1.807, 2.05) is 26.0 Å². The van der Waals surface area contributed by atoms with Crippen LogP contribution in [0.3, 0.4) is 0 Å². The van der Waals surface area contributed by atoms with Gasteiger partial charge in [-0.15, -0.1) is 0 Å². The fraction of sp³-hybridized carbons (Fsp3) is 0.467. The predicted octanol–water partition coefficient (Wildman–Crippen LogP) is 2.03. The van der Waals surface area contributed by atoms with Crippen molar-refractivity contribution in [1.29, 1.82) is 0 Å². The molecule has 0 saturated carbocycles. The monoisotopic (exact) mass is 261 g/mol. The third-order valence-corrected chi connectivity index (χ3v) is 3.59. The number of ether oxygens (including phenoxy) is 1. The first-order chi connectivity index (χ1) is 9.01. The molecule has 0 aromatic heterocycles. The van der Waals surface area contributed by atoms with Crippen molar-refractivity contribution in [1.82, 2.24) is 4.90 Å². The summed E-state index contributed by atoms with van der Waals surface area (Å²) >= 11 is 0. The van der Waals surface area contributed by atoms with Crippen LogP contribution in [-0.4, -0.2) is 35.5 Å². The minimum Gasteiger partial charge on any atom is -0.445 e. The maximum Gasteiger partial charge on any atom is 0.339 e. The highest BCUT2D eigenvalue weighted by molar-refractivity contribution is 5.97. The number of hydrogen-bond donors (Lipinski definition) is 0. The maximum atomic E-state index is 12.5. The van der Waals surface area contributed by atoms with Crippen LogP contribution in [0.5, 0.6) is 0 Å². The number of carbonyl (C=O) groups is 2. The van der Waals surface area contributed by atoms with Crippen LogP contribution in [0.1, 0.15) is 36.7 Å². The Kier molecular flexibility index (Phi) is 3.60. The Morgan fingerprint density at radius 3 is 2.58 bits per heavy atom. The first kappa shape index (κ1) is 13.6. The molecule has 1 aromatic rings. The van der Waals surface area contributed by atoms with E-state index >= 15 is 0 Å². The van der Waals surface area contributed by atoms with E-state index in [4.69, 9.17) is 4.74 Å². The number of rotatable bonds is 3. The van der Waals surface area contributed by atoms with Gasteiger partial charge in [0.25, 0.3) is 5.91 Å². The summed E-state index contributed by atoms with van der Waals surface area (Å²) in [6.45, 7) is 6.77. The summed E-state index contributed by atoms with van der Waals surface area (Å²) in [7, 11) is 0. The third kappa shape index (κ3) is 2.35. The predicted molar refractivity (Wildman–Crippen MR) is 71.9 cm³/mol. The molecule has 19 heavy (non-hydrogen) atoms. The van der Waals surface area contributed by atoms with Crippen molar-refractivity contribution in [3.63, 3.8) is 0 Å². The molecule has 1 aliphatic heterocycles. The molecule has 0 radical (unpaired) electrons. The van der Waals surface area contributed by atoms with Gasteiger partial charge in [-0.25, -0.2) is 4.79 Å². The molecule has 0 saturated heterocycles. The van der Waals surface area contributed by atoms with Crippen LogP contribution in [0, 0.1) is 0 Å². The molecule has 0 N–H and O–H groups in total. The number of benzene rings is 1. The third-order valence-electron chi connectivity index (χ3n) is 3.59. The first-order valence-electron chi connectivity index (χ1n) is 6.62. The molecule has 1 aromatic carbocycles. The van der Waals surface area contributed by atoms with Crippen LogP contribution in [0.15, 0.2) is 24.3 Å². The molecule has 0 fully saturated rings. The van der Waals surface area contributed by atoms with Crippen LogP contribution in [-0.2, 0) is 16.0 Å². The smallest absolute Gasteiger partial charge is 0.339 e. The standard InChI is InChI=1S/C15H19NO3/c1-4-16(5-2)14(18)15(3)10-11-8-6-7-9-12(11)13(17)19-15/h6-9H,4-5,10H2,1-3H3. The van der Waals surface area contributed by atoms with E-state index in [-0.39, 0.29) is 5.91 Å². The molecule has 4 nitrogen and oxygen atoms in total. The summed E-state index contributed by atoms with van der Waals surface area (Å²) < 4.78 is 5.42. The van der Waals surface area contributed by atoms with Crippen LogP contribution in [0.4, 0.5) is 0 Å². The molecule has 102 valence electrons. The van der Waals surface area contributed by atoms with Gasteiger partial charge in [-0.2, -0.15) is 0 Å². The van der Waals surface area contributed by atoms with Gasteiger partial charge in [0.1, 0.15) is 0 Å². The topological polar surface area (TPSA) is 46.6 Å². The zero-order valence-electron chi connectivity index (χ0n) is 11.6. The lowest BCUT2D eigenvalue weighted by Gasteiger charge is -2.36. The number of likely N-dealkylation sites (N-methyl/N-ethyl adjacent to an activating group) is 1. The summed E-state index contributed by atoms with van der Waals surface area (Å²) in [4.78, 5) is 26.2. The molecule has 1 aliphatic rings. The Bertz CT molecular complexity index is 508. The van der Waals surface area contributed by atoms with Crippen LogP contribution in [0.2, 0.25) is 0 Å². The average molecular weight is 261 g/mol. The molecule has 1 atom stereocenters. The molecule has 0 spiro atoms. The van der Waals surface area contributed by atoms with Gasteiger partial charge in [0.15, 0.2) is 5.60 Å². The average Bonchev–Trinajstić information content (AvgIpc) is 2.40. The Balaban J connectivity index is 2.33. The fourth-order valence-corrected chi connectivity index (χ4v) is 2.50. The van der Waals surface area contributed by atoms with E-state index in [0.717, 1.165) is 5.56 Å². The highest BCUT2D eigenvalue weighted by atomic mass is 16.6. The van der Waals surface area contributed by atoms with Gasteiger partial charge in [-0.3, -0.25) is 4.79 Å². The summed E-state index contributed by atoms with van der Waals surface area (Å²) in [5.74, 6) is -0.537. The number of esters is 1.